The number of likely N-dealkylation sites (tertiary alicyclic amines) is 1. The Kier molecular flexibility index (Phi) is 4.75. The van der Waals surface area contributed by atoms with Crippen molar-refractivity contribution in [3.05, 3.63) is 53.2 Å². The molecule has 0 aliphatic carbocycles. The van der Waals surface area contributed by atoms with Gasteiger partial charge in [0.15, 0.2) is 0 Å². The maximum Gasteiger partial charge on any atom is 0.252 e. The molecule has 1 N–H and O–H groups in total. The molecule has 6 heteroatoms. The predicted molar refractivity (Wildman–Crippen MR) is 83.8 cm³/mol. The molecule has 2 aromatic rings. The quantitative estimate of drug-likeness (QED) is 0.861. The number of nitrogens with zero attached hydrogens (tertiary/aromatic N) is 2. The fourth-order valence-corrected chi connectivity index (χ4v) is 2.86. The van der Waals surface area contributed by atoms with Gasteiger partial charge in [0.25, 0.3) is 5.91 Å². The van der Waals surface area contributed by atoms with Gasteiger partial charge in [0.1, 0.15) is 10.9 Å². The average Bonchev–Trinajstić information content (AvgIpc) is 3.22. The zero-order valence-corrected chi connectivity index (χ0v) is 12.9. The summed E-state index contributed by atoms with van der Waals surface area (Å²) in [5.41, 5.74) is 0.504. The van der Waals surface area contributed by atoms with Gasteiger partial charge in [0.2, 0.25) is 0 Å². The van der Waals surface area contributed by atoms with E-state index in [1.807, 2.05) is 12.1 Å². The molecule has 1 aliphatic heterocycles. The summed E-state index contributed by atoms with van der Waals surface area (Å²) in [4.78, 5) is 18.5. The van der Waals surface area contributed by atoms with E-state index in [0.717, 1.165) is 18.8 Å². The van der Waals surface area contributed by atoms with E-state index in [1.165, 1.54) is 19.0 Å². The van der Waals surface area contributed by atoms with E-state index < -0.39 is 0 Å². The Morgan fingerprint density at radius 3 is 2.82 bits per heavy atom. The van der Waals surface area contributed by atoms with Crippen LogP contribution in [0.25, 0.3) is 0 Å². The minimum absolute atomic E-state index is 0.0710. The summed E-state index contributed by atoms with van der Waals surface area (Å²) in [7, 11) is 0. The molecule has 1 unspecified atom stereocenters. The number of furan rings is 1. The first-order chi connectivity index (χ1) is 10.7. The molecule has 1 fully saturated rings. The number of carbonyl (C=O) groups excluding carboxylic acids is 1. The van der Waals surface area contributed by atoms with Crippen molar-refractivity contribution in [3.63, 3.8) is 0 Å². The summed E-state index contributed by atoms with van der Waals surface area (Å²) < 4.78 is 5.54. The van der Waals surface area contributed by atoms with Gasteiger partial charge in [-0.25, -0.2) is 4.98 Å². The smallest absolute Gasteiger partial charge is 0.252 e. The molecular formula is C16H18ClN3O2. The van der Waals surface area contributed by atoms with Crippen molar-refractivity contribution in [2.45, 2.75) is 18.9 Å². The number of halogens is 1. The third kappa shape index (κ3) is 3.48. The van der Waals surface area contributed by atoms with Gasteiger partial charge in [-0.1, -0.05) is 11.6 Å². The van der Waals surface area contributed by atoms with Crippen LogP contribution in [0.1, 0.15) is 35.0 Å². The van der Waals surface area contributed by atoms with Crippen LogP contribution in [-0.4, -0.2) is 35.4 Å². The normalized spacial score (nSPS) is 16.6. The summed E-state index contributed by atoms with van der Waals surface area (Å²) in [6.45, 7) is 2.57. The zero-order chi connectivity index (χ0) is 15.4. The van der Waals surface area contributed by atoms with Gasteiger partial charge in [-0.2, -0.15) is 0 Å². The second kappa shape index (κ2) is 6.94. The number of amides is 1. The number of hydrogen-bond donors (Lipinski definition) is 1. The maximum atomic E-state index is 12.2. The molecule has 5 nitrogen and oxygen atoms in total. The Bertz CT molecular complexity index is 607. The van der Waals surface area contributed by atoms with E-state index >= 15 is 0 Å². The molecule has 0 radical (unpaired) electrons. The van der Waals surface area contributed by atoms with Crippen LogP contribution in [0.2, 0.25) is 5.15 Å². The lowest BCUT2D eigenvalue weighted by Crippen LogP contribution is -2.36. The van der Waals surface area contributed by atoms with Gasteiger partial charge in [-0.05, 0) is 50.2 Å². The highest BCUT2D eigenvalue weighted by Crippen LogP contribution is 2.24. The van der Waals surface area contributed by atoms with Crippen molar-refractivity contribution in [1.82, 2.24) is 15.2 Å². The van der Waals surface area contributed by atoms with E-state index in [9.17, 15) is 4.79 Å². The molecule has 3 heterocycles. The molecule has 22 heavy (non-hydrogen) atoms. The minimum atomic E-state index is -0.153. The van der Waals surface area contributed by atoms with E-state index in [2.05, 4.69) is 15.2 Å². The average molecular weight is 320 g/mol. The Balaban J connectivity index is 1.66. The summed E-state index contributed by atoms with van der Waals surface area (Å²) in [5, 5.41) is 3.34. The third-order valence-electron chi connectivity index (χ3n) is 3.90. The third-order valence-corrected chi connectivity index (χ3v) is 4.12. The summed E-state index contributed by atoms with van der Waals surface area (Å²) in [5.74, 6) is 0.733. The molecule has 0 spiro atoms. The summed E-state index contributed by atoms with van der Waals surface area (Å²) >= 11 is 5.74. The number of nitrogens with one attached hydrogen (secondary N) is 1. The summed E-state index contributed by atoms with van der Waals surface area (Å²) in [6.07, 6.45) is 5.53. The van der Waals surface area contributed by atoms with Crippen molar-refractivity contribution in [3.8, 4) is 0 Å². The SMILES string of the molecule is O=C(NCC(c1ccco1)N1CCCC1)c1ccc(Cl)nc1. The number of hydrogen-bond acceptors (Lipinski definition) is 4. The number of aromatic nitrogens is 1. The lowest BCUT2D eigenvalue weighted by molar-refractivity contribution is 0.0933. The van der Waals surface area contributed by atoms with Crippen molar-refractivity contribution in [2.75, 3.05) is 19.6 Å². The van der Waals surface area contributed by atoms with Crippen LogP contribution in [0.4, 0.5) is 0 Å². The molecule has 116 valence electrons. The molecule has 0 bridgehead atoms. The number of carbonyl (C=O) groups is 1. The van der Waals surface area contributed by atoms with Crippen molar-refractivity contribution in [1.29, 1.82) is 0 Å². The Hall–Kier alpha value is -1.85. The van der Waals surface area contributed by atoms with Crippen LogP contribution in [0.3, 0.4) is 0 Å². The van der Waals surface area contributed by atoms with Crippen LogP contribution in [-0.2, 0) is 0 Å². The second-order valence-corrected chi connectivity index (χ2v) is 5.74. The van der Waals surface area contributed by atoms with Gasteiger partial charge < -0.3 is 9.73 Å². The van der Waals surface area contributed by atoms with Gasteiger partial charge in [-0.3, -0.25) is 9.69 Å². The van der Waals surface area contributed by atoms with E-state index in [0.29, 0.717) is 17.3 Å². The molecule has 1 atom stereocenters. The van der Waals surface area contributed by atoms with Crippen LogP contribution in [0, 0.1) is 0 Å². The highest BCUT2D eigenvalue weighted by atomic mass is 35.5. The van der Waals surface area contributed by atoms with Crippen molar-refractivity contribution >= 4 is 17.5 Å². The van der Waals surface area contributed by atoms with Gasteiger partial charge >= 0.3 is 0 Å². The van der Waals surface area contributed by atoms with Crippen molar-refractivity contribution < 1.29 is 9.21 Å². The Morgan fingerprint density at radius 2 is 2.18 bits per heavy atom. The van der Waals surface area contributed by atoms with Gasteiger partial charge in [0.05, 0.1) is 17.9 Å². The fourth-order valence-electron chi connectivity index (χ4n) is 2.75. The van der Waals surface area contributed by atoms with Crippen molar-refractivity contribution in [2.24, 2.45) is 0 Å². The lowest BCUT2D eigenvalue weighted by Gasteiger charge is -2.26. The fraction of sp³-hybridized carbons (Fsp3) is 0.375. The Morgan fingerprint density at radius 1 is 1.36 bits per heavy atom. The van der Waals surface area contributed by atoms with E-state index in [-0.39, 0.29) is 11.9 Å². The molecule has 0 aromatic carbocycles. The maximum absolute atomic E-state index is 12.2. The standard InChI is InChI=1S/C16H18ClN3O2/c17-15-6-5-12(10-18-15)16(21)19-11-13(14-4-3-9-22-14)20-7-1-2-8-20/h3-6,9-10,13H,1-2,7-8,11H2,(H,19,21). The van der Waals surface area contributed by atoms with E-state index in [4.69, 9.17) is 16.0 Å². The largest absolute Gasteiger partial charge is 0.468 e. The van der Waals surface area contributed by atoms with Crippen LogP contribution < -0.4 is 5.32 Å². The Labute approximate surface area is 134 Å². The zero-order valence-electron chi connectivity index (χ0n) is 12.2. The van der Waals surface area contributed by atoms with Crippen LogP contribution in [0.15, 0.2) is 41.1 Å². The molecule has 1 aliphatic rings. The highest BCUT2D eigenvalue weighted by molar-refractivity contribution is 6.29. The second-order valence-electron chi connectivity index (χ2n) is 5.35. The minimum Gasteiger partial charge on any atom is -0.468 e. The topological polar surface area (TPSA) is 58.4 Å². The van der Waals surface area contributed by atoms with Gasteiger partial charge in [-0.15, -0.1) is 0 Å². The van der Waals surface area contributed by atoms with Gasteiger partial charge in [0, 0.05) is 12.7 Å². The number of rotatable bonds is 5. The molecular weight excluding hydrogens is 302 g/mol. The highest BCUT2D eigenvalue weighted by Gasteiger charge is 2.26. The molecule has 1 saturated heterocycles. The lowest BCUT2D eigenvalue weighted by atomic mass is 10.2. The molecule has 1 amide bonds. The first kappa shape index (κ1) is 15.1. The van der Waals surface area contributed by atoms with Crippen LogP contribution >= 0.6 is 11.6 Å². The summed E-state index contributed by atoms with van der Waals surface area (Å²) in [6, 6.07) is 7.19. The number of pyridine rings is 1. The molecule has 0 saturated carbocycles. The predicted octanol–water partition coefficient (Wildman–Crippen LogP) is 2.89. The monoisotopic (exact) mass is 319 g/mol. The van der Waals surface area contributed by atoms with E-state index in [1.54, 1.807) is 18.4 Å². The first-order valence-corrected chi connectivity index (χ1v) is 7.79. The molecule has 3 rings (SSSR count). The molecule has 2 aromatic heterocycles. The first-order valence-electron chi connectivity index (χ1n) is 7.41. The van der Waals surface area contributed by atoms with Crippen LogP contribution in [0.5, 0.6) is 0 Å².